The van der Waals surface area contributed by atoms with E-state index in [-0.39, 0.29) is 29.2 Å². The summed E-state index contributed by atoms with van der Waals surface area (Å²) in [5.41, 5.74) is -6.81. The lowest BCUT2D eigenvalue weighted by molar-refractivity contribution is -0.348. The molecule has 4 rings (SSSR count). The van der Waals surface area contributed by atoms with Gasteiger partial charge in [0, 0.05) is 24.6 Å². The number of halogens is 8. The van der Waals surface area contributed by atoms with Gasteiger partial charge in [-0.2, -0.15) is 26.3 Å². The van der Waals surface area contributed by atoms with Gasteiger partial charge in [-0.05, 0) is 56.4 Å². The molecule has 1 saturated heterocycles. The summed E-state index contributed by atoms with van der Waals surface area (Å²) in [4.78, 5) is 25.3. The standard InChI is InChI=1S/C18H22FNO5S.C9H5F7/c19-14-5-7-15(8-6-14)26(24,25)16-9-10-20(11-16)17(21)12-1-3-13(4-2-12)18(22)23;10-7(8(11,12)13,9(14,15)16)6-4-2-1-3-5-6/h5-8,12-13,16H,1-4,9-11H2,(H,22,23);1-5H. The van der Waals surface area contributed by atoms with E-state index in [1.165, 1.54) is 18.2 Å². The van der Waals surface area contributed by atoms with Crippen molar-refractivity contribution in [3.63, 3.8) is 0 Å². The molecule has 2 aromatic rings. The molecule has 1 aliphatic carbocycles. The predicted molar refractivity (Wildman–Crippen MR) is 133 cm³/mol. The molecule has 0 bridgehead atoms. The van der Waals surface area contributed by atoms with Gasteiger partial charge >= 0.3 is 24.0 Å². The number of sulfone groups is 1. The summed E-state index contributed by atoms with van der Waals surface area (Å²) in [5, 5.41) is 8.35. The van der Waals surface area contributed by atoms with Crippen molar-refractivity contribution in [1.29, 1.82) is 0 Å². The molecule has 232 valence electrons. The van der Waals surface area contributed by atoms with Crippen LogP contribution in [0.1, 0.15) is 37.7 Å². The molecule has 2 aliphatic rings. The maximum atomic E-state index is 13.3. The minimum absolute atomic E-state index is 0.0696. The average Bonchev–Trinajstić information content (AvgIpc) is 3.43. The van der Waals surface area contributed by atoms with E-state index in [1.807, 2.05) is 0 Å². The van der Waals surface area contributed by atoms with Crippen LogP contribution in [0.5, 0.6) is 0 Å². The molecule has 15 heteroatoms. The van der Waals surface area contributed by atoms with Crippen LogP contribution in [0, 0.1) is 17.7 Å². The van der Waals surface area contributed by atoms with Crippen LogP contribution in [-0.2, 0) is 25.1 Å². The van der Waals surface area contributed by atoms with Crippen LogP contribution >= 0.6 is 0 Å². The molecule has 1 aliphatic heterocycles. The Balaban J connectivity index is 0.000000260. The molecule has 1 unspecified atom stereocenters. The molecular weight excluding hydrogens is 602 g/mol. The topological polar surface area (TPSA) is 91.8 Å². The van der Waals surface area contributed by atoms with E-state index in [0.717, 1.165) is 24.3 Å². The Hall–Kier alpha value is -3.23. The zero-order valence-corrected chi connectivity index (χ0v) is 22.7. The summed E-state index contributed by atoms with van der Waals surface area (Å²) < 4.78 is 125. The Morgan fingerprint density at radius 3 is 1.74 bits per heavy atom. The number of carboxylic acids is 1. The number of amides is 1. The van der Waals surface area contributed by atoms with Gasteiger partial charge in [0.1, 0.15) is 5.82 Å². The smallest absolute Gasteiger partial charge is 0.435 e. The molecule has 2 aromatic carbocycles. The van der Waals surface area contributed by atoms with Crippen LogP contribution in [0.2, 0.25) is 0 Å². The number of carbonyl (C=O) groups excluding carboxylic acids is 1. The SMILES string of the molecule is FC(F)(F)C(F)(c1ccccc1)C(F)(F)F.O=C(O)C1CCC(C(=O)N2CCC(S(=O)(=O)c3ccc(F)cc3)C2)CC1. The molecule has 1 heterocycles. The van der Waals surface area contributed by atoms with Crippen LogP contribution < -0.4 is 0 Å². The maximum absolute atomic E-state index is 13.3. The molecule has 1 saturated carbocycles. The molecular formula is C27H27F8NO5S. The average molecular weight is 630 g/mol. The van der Waals surface area contributed by atoms with Crippen molar-refractivity contribution in [2.45, 2.75) is 60.3 Å². The number of nitrogens with zero attached hydrogens (tertiary/aromatic N) is 1. The lowest BCUT2D eigenvalue weighted by Crippen LogP contribution is -2.50. The van der Waals surface area contributed by atoms with Gasteiger partial charge in [-0.1, -0.05) is 30.3 Å². The molecule has 1 N–H and O–H groups in total. The first-order chi connectivity index (χ1) is 19.4. The number of rotatable bonds is 5. The number of likely N-dealkylation sites (tertiary alicyclic amines) is 1. The molecule has 0 spiro atoms. The lowest BCUT2D eigenvalue weighted by Gasteiger charge is -2.30. The summed E-state index contributed by atoms with van der Waals surface area (Å²) in [7, 11) is -3.61. The zero-order valence-electron chi connectivity index (χ0n) is 21.8. The van der Waals surface area contributed by atoms with Crippen LogP contribution in [0.25, 0.3) is 0 Å². The molecule has 1 amide bonds. The molecule has 2 fully saturated rings. The zero-order chi connectivity index (χ0) is 31.5. The first kappa shape index (κ1) is 33.3. The fourth-order valence-electron chi connectivity index (χ4n) is 5.00. The van der Waals surface area contributed by atoms with Gasteiger partial charge in [-0.3, -0.25) is 9.59 Å². The largest absolute Gasteiger partial charge is 0.481 e. The molecule has 1 atom stereocenters. The van der Waals surface area contributed by atoms with E-state index in [0.29, 0.717) is 50.8 Å². The van der Waals surface area contributed by atoms with E-state index in [1.54, 1.807) is 4.90 Å². The van der Waals surface area contributed by atoms with Gasteiger partial charge < -0.3 is 10.0 Å². The summed E-state index contributed by atoms with van der Waals surface area (Å²) in [5.74, 6) is -2.00. The third kappa shape index (κ3) is 7.04. The Bertz CT molecular complexity index is 1330. The Labute approximate surface area is 236 Å². The number of aliphatic carboxylic acids is 1. The van der Waals surface area contributed by atoms with Crippen LogP contribution in [0.3, 0.4) is 0 Å². The second-order valence-corrected chi connectivity index (χ2v) is 12.3. The monoisotopic (exact) mass is 629 g/mol. The number of alkyl halides is 7. The summed E-state index contributed by atoms with van der Waals surface area (Å²) >= 11 is 0. The number of carbonyl (C=O) groups is 2. The van der Waals surface area contributed by atoms with Crippen molar-refractivity contribution in [3.05, 3.63) is 66.0 Å². The fourth-order valence-corrected chi connectivity index (χ4v) is 6.69. The van der Waals surface area contributed by atoms with Crippen LogP contribution in [0.15, 0.2) is 59.5 Å². The molecule has 6 nitrogen and oxygen atoms in total. The fraction of sp³-hybridized carbons (Fsp3) is 0.481. The summed E-state index contributed by atoms with van der Waals surface area (Å²) in [6.45, 7) is 0.514. The highest BCUT2D eigenvalue weighted by molar-refractivity contribution is 7.92. The second kappa shape index (κ2) is 12.6. The maximum Gasteiger partial charge on any atom is 0.435 e. The number of hydrogen-bond acceptors (Lipinski definition) is 4. The first-order valence-corrected chi connectivity index (χ1v) is 14.3. The Kier molecular flexibility index (Phi) is 9.95. The van der Waals surface area contributed by atoms with Crippen molar-refractivity contribution in [2.75, 3.05) is 13.1 Å². The van der Waals surface area contributed by atoms with Gasteiger partial charge in [-0.25, -0.2) is 17.2 Å². The van der Waals surface area contributed by atoms with E-state index in [4.69, 9.17) is 5.11 Å². The van der Waals surface area contributed by atoms with E-state index < -0.39 is 50.5 Å². The second-order valence-electron chi connectivity index (χ2n) is 10.1. The van der Waals surface area contributed by atoms with Crippen LogP contribution in [0.4, 0.5) is 35.1 Å². The number of carboxylic acid groups (broad SMARTS) is 1. The highest BCUT2D eigenvalue weighted by atomic mass is 32.2. The van der Waals surface area contributed by atoms with Gasteiger partial charge in [0.25, 0.3) is 0 Å². The van der Waals surface area contributed by atoms with E-state index in [2.05, 4.69) is 0 Å². The Morgan fingerprint density at radius 2 is 1.26 bits per heavy atom. The summed E-state index contributed by atoms with van der Waals surface area (Å²) in [6, 6.07) is 8.63. The minimum Gasteiger partial charge on any atom is -0.481 e. The lowest BCUT2D eigenvalue weighted by atomic mass is 9.81. The van der Waals surface area contributed by atoms with Crippen molar-refractivity contribution >= 4 is 21.7 Å². The molecule has 42 heavy (non-hydrogen) atoms. The number of hydrogen-bond donors (Lipinski definition) is 1. The van der Waals surface area contributed by atoms with Gasteiger partial charge in [0.15, 0.2) is 9.84 Å². The third-order valence-electron chi connectivity index (χ3n) is 7.42. The van der Waals surface area contributed by atoms with Crippen molar-refractivity contribution in [1.82, 2.24) is 4.90 Å². The summed E-state index contributed by atoms with van der Waals surface area (Å²) in [6.07, 6.45) is -9.72. The van der Waals surface area contributed by atoms with Gasteiger partial charge in [0.05, 0.1) is 16.1 Å². The van der Waals surface area contributed by atoms with Gasteiger partial charge in [-0.15, -0.1) is 0 Å². The third-order valence-corrected chi connectivity index (χ3v) is 9.61. The molecule has 0 radical (unpaired) electrons. The normalized spacial score (nSPS) is 21.8. The minimum atomic E-state index is -6.05. The number of benzene rings is 2. The highest BCUT2D eigenvalue weighted by Gasteiger charge is 2.73. The van der Waals surface area contributed by atoms with E-state index in [9.17, 15) is 53.1 Å². The van der Waals surface area contributed by atoms with Crippen molar-refractivity contribution < 1.29 is 58.2 Å². The van der Waals surface area contributed by atoms with Crippen LogP contribution in [-0.4, -0.2) is 61.0 Å². The van der Waals surface area contributed by atoms with E-state index >= 15 is 0 Å². The highest BCUT2D eigenvalue weighted by Crippen LogP contribution is 2.53. The predicted octanol–water partition coefficient (Wildman–Crippen LogP) is 6.07. The van der Waals surface area contributed by atoms with Gasteiger partial charge in [0.2, 0.25) is 5.91 Å². The quantitative estimate of drug-likeness (QED) is 0.321. The molecule has 0 aromatic heterocycles. The van der Waals surface area contributed by atoms with Crippen molar-refractivity contribution in [3.8, 4) is 0 Å². The Morgan fingerprint density at radius 1 is 0.762 bits per heavy atom. The first-order valence-electron chi connectivity index (χ1n) is 12.8. The van der Waals surface area contributed by atoms with Crippen molar-refractivity contribution in [2.24, 2.45) is 11.8 Å².